The molecular formula is C15H13BrN2O2S. The van der Waals surface area contributed by atoms with Gasteiger partial charge in [0, 0.05) is 11.0 Å². The highest BCUT2D eigenvalue weighted by Crippen LogP contribution is 2.25. The molecule has 0 amide bonds. The van der Waals surface area contributed by atoms with E-state index in [0.29, 0.717) is 4.47 Å². The van der Waals surface area contributed by atoms with Gasteiger partial charge in [-0.25, -0.2) is 8.42 Å². The Labute approximate surface area is 132 Å². The second-order valence-electron chi connectivity index (χ2n) is 4.35. The lowest BCUT2D eigenvalue weighted by Gasteiger charge is -2.20. The van der Waals surface area contributed by atoms with Gasteiger partial charge in [-0.2, -0.15) is 9.57 Å². The van der Waals surface area contributed by atoms with Crippen LogP contribution in [0.15, 0.2) is 64.0 Å². The predicted octanol–water partition coefficient (Wildman–Crippen LogP) is 3.16. The van der Waals surface area contributed by atoms with Crippen LogP contribution in [0.5, 0.6) is 0 Å². The first-order valence-corrected chi connectivity index (χ1v) is 8.44. The van der Waals surface area contributed by atoms with Crippen molar-refractivity contribution in [2.45, 2.75) is 11.4 Å². The van der Waals surface area contributed by atoms with E-state index < -0.39 is 10.0 Å². The van der Waals surface area contributed by atoms with E-state index in [0.717, 1.165) is 5.56 Å². The molecule has 2 rings (SSSR count). The SMILES string of the molecule is N#CCN(Cc1ccccc1)S(=O)(=O)c1ccccc1Br. The number of hydrogen-bond donors (Lipinski definition) is 0. The summed E-state index contributed by atoms with van der Waals surface area (Å²) in [6.07, 6.45) is 0. The Kier molecular flexibility index (Phi) is 5.12. The molecule has 0 spiro atoms. The van der Waals surface area contributed by atoms with Crippen molar-refractivity contribution in [2.75, 3.05) is 6.54 Å². The van der Waals surface area contributed by atoms with Gasteiger partial charge in [-0.3, -0.25) is 0 Å². The van der Waals surface area contributed by atoms with Crippen molar-refractivity contribution in [1.82, 2.24) is 4.31 Å². The van der Waals surface area contributed by atoms with Crippen molar-refractivity contribution in [3.8, 4) is 6.07 Å². The summed E-state index contributed by atoms with van der Waals surface area (Å²) in [5.41, 5.74) is 0.836. The van der Waals surface area contributed by atoms with Gasteiger partial charge in [0.2, 0.25) is 10.0 Å². The summed E-state index contributed by atoms with van der Waals surface area (Å²) < 4.78 is 27.0. The van der Waals surface area contributed by atoms with Gasteiger partial charge in [-0.1, -0.05) is 42.5 Å². The molecule has 0 atom stereocenters. The van der Waals surface area contributed by atoms with Crippen LogP contribution in [0.3, 0.4) is 0 Å². The first kappa shape index (κ1) is 15.7. The Balaban J connectivity index is 2.38. The zero-order valence-electron chi connectivity index (χ0n) is 11.1. The zero-order valence-corrected chi connectivity index (χ0v) is 13.5. The molecule has 0 aromatic heterocycles. The first-order chi connectivity index (χ1) is 10.1. The van der Waals surface area contributed by atoms with Crippen LogP contribution in [0.4, 0.5) is 0 Å². The summed E-state index contributed by atoms with van der Waals surface area (Å²) in [5, 5.41) is 8.93. The van der Waals surface area contributed by atoms with Crippen LogP contribution in [0, 0.1) is 11.3 Å². The van der Waals surface area contributed by atoms with Gasteiger partial charge in [-0.15, -0.1) is 0 Å². The first-order valence-electron chi connectivity index (χ1n) is 6.21. The summed E-state index contributed by atoms with van der Waals surface area (Å²) in [5.74, 6) is 0. The van der Waals surface area contributed by atoms with E-state index >= 15 is 0 Å². The maximum Gasteiger partial charge on any atom is 0.245 e. The molecular weight excluding hydrogens is 352 g/mol. The summed E-state index contributed by atoms with van der Waals surface area (Å²) in [6.45, 7) is -0.0311. The number of hydrogen-bond acceptors (Lipinski definition) is 3. The van der Waals surface area contributed by atoms with Crippen LogP contribution < -0.4 is 0 Å². The maximum absolute atomic E-state index is 12.7. The molecule has 0 saturated heterocycles. The topological polar surface area (TPSA) is 61.2 Å². The van der Waals surface area contributed by atoms with Gasteiger partial charge >= 0.3 is 0 Å². The molecule has 0 bridgehead atoms. The largest absolute Gasteiger partial charge is 0.245 e. The Morgan fingerprint density at radius 2 is 1.67 bits per heavy atom. The highest BCUT2D eigenvalue weighted by atomic mass is 79.9. The highest BCUT2D eigenvalue weighted by molar-refractivity contribution is 9.10. The predicted molar refractivity (Wildman–Crippen MR) is 83.8 cm³/mol. The third-order valence-corrected chi connectivity index (χ3v) is 5.71. The summed E-state index contributed by atoms with van der Waals surface area (Å²) in [6, 6.07) is 17.7. The molecule has 0 N–H and O–H groups in total. The molecule has 21 heavy (non-hydrogen) atoms. The Hall–Kier alpha value is -1.68. The summed E-state index contributed by atoms with van der Waals surface area (Å²) in [7, 11) is -3.73. The van der Waals surface area contributed by atoms with Crippen molar-refractivity contribution >= 4 is 26.0 Å². The van der Waals surface area contributed by atoms with E-state index in [1.54, 1.807) is 18.2 Å². The second kappa shape index (κ2) is 6.85. The van der Waals surface area contributed by atoms with E-state index in [9.17, 15) is 8.42 Å². The molecule has 0 saturated carbocycles. The minimum Gasteiger partial charge on any atom is -0.207 e. The van der Waals surface area contributed by atoms with Gasteiger partial charge in [-0.05, 0) is 33.6 Å². The van der Waals surface area contributed by atoms with Crippen LogP contribution in [0.2, 0.25) is 0 Å². The van der Waals surface area contributed by atoms with E-state index in [2.05, 4.69) is 15.9 Å². The molecule has 0 radical (unpaired) electrons. The quantitative estimate of drug-likeness (QED) is 0.765. The lowest BCUT2D eigenvalue weighted by atomic mass is 10.2. The lowest BCUT2D eigenvalue weighted by Crippen LogP contribution is -2.31. The number of benzene rings is 2. The zero-order chi connectivity index (χ0) is 15.3. The average molecular weight is 365 g/mol. The fourth-order valence-corrected chi connectivity index (χ4v) is 4.17. The van der Waals surface area contributed by atoms with Gasteiger partial charge in [0.1, 0.15) is 6.54 Å². The third kappa shape index (κ3) is 3.70. The van der Waals surface area contributed by atoms with Crippen molar-refractivity contribution in [1.29, 1.82) is 5.26 Å². The molecule has 2 aromatic rings. The van der Waals surface area contributed by atoms with Crippen LogP contribution >= 0.6 is 15.9 Å². The standard InChI is InChI=1S/C15H13BrN2O2S/c16-14-8-4-5-9-15(14)21(19,20)18(11-10-17)12-13-6-2-1-3-7-13/h1-9H,11-12H2. The molecule has 0 heterocycles. The Morgan fingerprint density at radius 1 is 1.05 bits per heavy atom. The van der Waals surface area contributed by atoms with Gasteiger partial charge in [0.25, 0.3) is 0 Å². The van der Waals surface area contributed by atoms with E-state index in [4.69, 9.17) is 5.26 Å². The molecule has 2 aromatic carbocycles. The second-order valence-corrected chi connectivity index (χ2v) is 7.11. The van der Waals surface area contributed by atoms with Gasteiger partial charge in [0.05, 0.1) is 11.0 Å². The number of rotatable bonds is 5. The average Bonchev–Trinajstić information content (AvgIpc) is 2.48. The molecule has 0 unspecified atom stereocenters. The van der Waals surface area contributed by atoms with Crippen molar-refractivity contribution in [3.63, 3.8) is 0 Å². The molecule has 4 nitrogen and oxygen atoms in total. The Bertz CT molecular complexity index is 755. The molecule has 0 aliphatic carbocycles. The van der Waals surface area contributed by atoms with E-state index in [1.807, 2.05) is 36.4 Å². The summed E-state index contributed by atoms with van der Waals surface area (Å²) in [4.78, 5) is 0.163. The molecule has 0 aliphatic heterocycles. The van der Waals surface area contributed by atoms with Crippen LogP contribution in [-0.2, 0) is 16.6 Å². The fraction of sp³-hybridized carbons (Fsp3) is 0.133. The highest BCUT2D eigenvalue weighted by Gasteiger charge is 2.26. The monoisotopic (exact) mass is 364 g/mol. The third-order valence-electron chi connectivity index (χ3n) is 2.90. The van der Waals surface area contributed by atoms with Crippen molar-refractivity contribution < 1.29 is 8.42 Å². The number of nitrogens with zero attached hydrogens (tertiary/aromatic N) is 2. The van der Waals surface area contributed by atoms with Crippen molar-refractivity contribution in [2.24, 2.45) is 0 Å². The Morgan fingerprint density at radius 3 is 2.29 bits per heavy atom. The summed E-state index contributed by atoms with van der Waals surface area (Å²) >= 11 is 3.25. The van der Waals surface area contributed by atoms with Crippen LogP contribution in [0.1, 0.15) is 5.56 Å². The minimum atomic E-state index is -3.73. The van der Waals surface area contributed by atoms with Crippen molar-refractivity contribution in [3.05, 3.63) is 64.6 Å². The van der Waals surface area contributed by atoms with Gasteiger partial charge in [0.15, 0.2) is 0 Å². The normalized spacial score (nSPS) is 11.3. The van der Waals surface area contributed by atoms with Crippen LogP contribution in [0.25, 0.3) is 0 Å². The number of sulfonamides is 1. The molecule has 6 heteroatoms. The minimum absolute atomic E-state index is 0.163. The maximum atomic E-state index is 12.7. The molecule has 0 aliphatic rings. The fourth-order valence-electron chi connectivity index (χ4n) is 1.88. The smallest absolute Gasteiger partial charge is 0.207 e. The van der Waals surface area contributed by atoms with E-state index in [1.165, 1.54) is 10.4 Å². The lowest BCUT2D eigenvalue weighted by molar-refractivity contribution is 0.441. The van der Waals surface area contributed by atoms with Crippen LogP contribution in [-0.4, -0.2) is 19.3 Å². The molecule has 108 valence electrons. The van der Waals surface area contributed by atoms with Gasteiger partial charge < -0.3 is 0 Å². The molecule has 0 fully saturated rings. The number of nitriles is 1. The number of halogens is 1. The van der Waals surface area contributed by atoms with E-state index in [-0.39, 0.29) is 18.0 Å².